The number of rotatable bonds is 2. The number of benzene rings is 1. The van der Waals surface area contributed by atoms with E-state index >= 15 is 0 Å². The maximum Gasteiger partial charge on any atom is 0.328 e. The van der Waals surface area contributed by atoms with E-state index in [2.05, 4.69) is 5.32 Å². The van der Waals surface area contributed by atoms with Gasteiger partial charge in [0.25, 0.3) is 9.82 Å². The van der Waals surface area contributed by atoms with Crippen LogP contribution >= 0.6 is 34.8 Å². The van der Waals surface area contributed by atoms with Crippen LogP contribution in [0.3, 0.4) is 0 Å². The fraction of sp³-hybridized carbons (Fsp3) is 0.273. The van der Waals surface area contributed by atoms with E-state index in [4.69, 9.17) is 34.8 Å². The highest BCUT2D eigenvalue weighted by Crippen LogP contribution is 2.33. The van der Waals surface area contributed by atoms with E-state index in [1.165, 1.54) is 0 Å². The maximum absolute atomic E-state index is 12.0. The van der Waals surface area contributed by atoms with Gasteiger partial charge >= 0.3 is 6.03 Å². The number of hydrogen-bond acceptors (Lipinski definition) is 2. The van der Waals surface area contributed by atoms with Gasteiger partial charge in [0.05, 0.1) is 0 Å². The zero-order chi connectivity index (χ0) is 13.3. The minimum absolute atomic E-state index is 0.364. The molecular formula is C11H9Cl3N2O2. The molecular weight excluding hydrogens is 298 g/mol. The van der Waals surface area contributed by atoms with Gasteiger partial charge in [-0.2, -0.15) is 0 Å². The Morgan fingerprint density at radius 3 is 2.28 bits per heavy atom. The standard InChI is InChI=1S/C11H9Cl3N2O2/c12-11(13,14)16-9(17)8(15-10(16)18)6-7-4-2-1-3-5-7/h1-5,8H,6H2,(H,15,18). The fourth-order valence-corrected chi connectivity index (χ4v) is 2.24. The lowest BCUT2D eigenvalue weighted by Crippen LogP contribution is -2.41. The molecule has 0 spiro atoms. The van der Waals surface area contributed by atoms with Crippen molar-refractivity contribution in [1.82, 2.24) is 10.2 Å². The summed E-state index contributed by atoms with van der Waals surface area (Å²) in [6.07, 6.45) is 0.364. The Morgan fingerprint density at radius 2 is 1.78 bits per heavy atom. The summed E-state index contributed by atoms with van der Waals surface area (Å²) in [6.45, 7) is 0. The molecule has 1 saturated heterocycles. The van der Waals surface area contributed by atoms with Crippen LogP contribution in [-0.2, 0) is 11.2 Å². The van der Waals surface area contributed by atoms with Crippen LogP contribution in [0.5, 0.6) is 0 Å². The molecule has 18 heavy (non-hydrogen) atoms. The molecule has 1 aliphatic rings. The molecule has 1 aromatic carbocycles. The number of urea groups is 1. The Kier molecular flexibility index (Phi) is 3.71. The normalized spacial score (nSPS) is 20.2. The van der Waals surface area contributed by atoms with Crippen molar-refractivity contribution >= 4 is 46.7 Å². The van der Waals surface area contributed by atoms with E-state index in [0.29, 0.717) is 11.3 Å². The molecule has 96 valence electrons. The molecule has 1 fully saturated rings. The molecule has 1 aromatic rings. The minimum Gasteiger partial charge on any atom is -0.325 e. The fourth-order valence-electron chi connectivity index (χ4n) is 1.76. The van der Waals surface area contributed by atoms with Gasteiger partial charge in [-0.15, -0.1) is 0 Å². The van der Waals surface area contributed by atoms with Gasteiger partial charge in [-0.05, 0) is 5.56 Å². The second kappa shape index (κ2) is 4.96. The van der Waals surface area contributed by atoms with Gasteiger partial charge in [-0.3, -0.25) is 4.79 Å². The number of amides is 3. The first-order valence-corrected chi connectivity index (χ1v) is 6.28. The Morgan fingerprint density at radius 1 is 1.17 bits per heavy atom. The molecule has 0 aliphatic carbocycles. The summed E-state index contributed by atoms with van der Waals surface area (Å²) in [6, 6.07) is 7.89. The van der Waals surface area contributed by atoms with Crippen molar-refractivity contribution in [2.24, 2.45) is 0 Å². The molecule has 7 heteroatoms. The molecule has 0 radical (unpaired) electrons. The third-order valence-corrected chi connectivity index (χ3v) is 3.06. The summed E-state index contributed by atoms with van der Waals surface area (Å²) in [7, 11) is 0. The molecule has 0 aromatic heterocycles. The lowest BCUT2D eigenvalue weighted by atomic mass is 10.1. The van der Waals surface area contributed by atoms with Crippen LogP contribution in [-0.4, -0.2) is 26.8 Å². The van der Waals surface area contributed by atoms with E-state index in [1.807, 2.05) is 30.3 Å². The number of halogens is 3. The summed E-state index contributed by atoms with van der Waals surface area (Å²) in [5.74, 6) is -0.538. The lowest BCUT2D eigenvalue weighted by Gasteiger charge is -2.20. The van der Waals surface area contributed by atoms with Crippen molar-refractivity contribution in [3.8, 4) is 0 Å². The van der Waals surface area contributed by atoms with Gasteiger partial charge in [-0.1, -0.05) is 65.1 Å². The average Bonchev–Trinajstić information content (AvgIpc) is 2.54. The van der Waals surface area contributed by atoms with Gasteiger partial charge in [0.1, 0.15) is 6.04 Å². The first kappa shape index (κ1) is 13.5. The molecule has 1 aliphatic heterocycles. The Balaban J connectivity index is 2.14. The molecule has 4 nitrogen and oxygen atoms in total. The molecule has 2 rings (SSSR count). The van der Waals surface area contributed by atoms with Gasteiger partial charge < -0.3 is 5.32 Å². The van der Waals surface area contributed by atoms with E-state index in [1.54, 1.807) is 0 Å². The maximum atomic E-state index is 12.0. The highest BCUT2D eigenvalue weighted by Gasteiger charge is 2.48. The predicted octanol–water partition coefficient (Wildman–Crippen LogP) is 2.48. The van der Waals surface area contributed by atoms with E-state index in [0.717, 1.165) is 5.56 Å². The van der Waals surface area contributed by atoms with E-state index < -0.39 is 21.9 Å². The molecule has 1 N–H and O–H groups in total. The second-order valence-corrected chi connectivity index (χ2v) is 6.05. The smallest absolute Gasteiger partial charge is 0.325 e. The summed E-state index contributed by atoms with van der Waals surface area (Å²) in [4.78, 5) is 24.1. The van der Waals surface area contributed by atoms with Crippen LogP contribution in [0.2, 0.25) is 0 Å². The topological polar surface area (TPSA) is 49.4 Å². The highest BCUT2D eigenvalue weighted by atomic mass is 35.6. The number of imide groups is 1. The number of hydrogen-bond donors (Lipinski definition) is 1. The summed E-state index contributed by atoms with van der Waals surface area (Å²) >= 11 is 16.7. The largest absolute Gasteiger partial charge is 0.328 e. The first-order valence-electron chi connectivity index (χ1n) is 5.15. The lowest BCUT2D eigenvalue weighted by molar-refractivity contribution is -0.127. The monoisotopic (exact) mass is 306 g/mol. The van der Waals surface area contributed by atoms with Crippen molar-refractivity contribution in [3.05, 3.63) is 35.9 Å². The zero-order valence-electron chi connectivity index (χ0n) is 9.07. The van der Waals surface area contributed by atoms with Crippen molar-refractivity contribution < 1.29 is 9.59 Å². The van der Waals surface area contributed by atoms with Crippen LogP contribution in [0, 0.1) is 0 Å². The molecule has 0 saturated carbocycles. The number of nitrogens with one attached hydrogen (secondary N) is 1. The number of carbonyl (C=O) groups excluding carboxylic acids is 2. The Hall–Kier alpha value is -0.970. The van der Waals surface area contributed by atoms with E-state index in [9.17, 15) is 9.59 Å². The van der Waals surface area contributed by atoms with Gasteiger partial charge in [0.2, 0.25) is 0 Å². The predicted molar refractivity (Wildman–Crippen MR) is 69.6 cm³/mol. The molecule has 0 bridgehead atoms. The number of nitrogens with zero attached hydrogens (tertiary/aromatic N) is 1. The van der Waals surface area contributed by atoms with Crippen molar-refractivity contribution in [2.45, 2.75) is 16.4 Å². The van der Waals surface area contributed by atoms with Gasteiger partial charge in [0.15, 0.2) is 0 Å². The summed E-state index contributed by atoms with van der Waals surface area (Å²) in [5.41, 5.74) is 0.919. The molecule has 3 amide bonds. The average molecular weight is 308 g/mol. The van der Waals surface area contributed by atoms with Crippen LogP contribution < -0.4 is 5.32 Å². The summed E-state index contributed by atoms with van der Waals surface area (Å²) < 4.78 is -2.06. The minimum atomic E-state index is -2.06. The Labute approximate surface area is 119 Å². The number of alkyl halides is 3. The van der Waals surface area contributed by atoms with Crippen molar-refractivity contribution in [3.63, 3.8) is 0 Å². The third kappa shape index (κ3) is 2.71. The zero-order valence-corrected chi connectivity index (χ0v) is 11.3. The quantitative estimate of drug-likeness (QED) is 0.518. The van der Waals surface area contributed by atoms with Crippen molar-refractivity contribution in [2.75, 3.05) is 0 Å². The van der Waals surface area contributed by atoms with Crippen molar-refractivity contribution in [1.29, 1.82) is 0 Å². The van der Waals surface area contributed by atoms with Crippen LogP contribution in [0.15, 0.2) is 30.3 Å². The van der Waals surface area contributed by atoms with Crippen LogP contribution in [0.1, 0.15) is 5.56 Å². The van der Waals surface area contributed by atoms with Crippen LogP contribution in [0.25, 0.3) is 0 Å². The second-order valence-electron chi connectivity index (χ2n) is 3.83. The first-order chi connectivity index (χ1) is 8.39. The number of carbonyl (C=O) groups is 2. The molecule has 1 atom stereocenters. The third-order valence-electron chi connectivity index (χ3n) is 2.56. The van der Waals surface area contributed by atoms with Gasteiger partial charge in [0, 0.05) is 6.42 Å². The highest BCUT2D eigenvalue weighted by molar-refractivity contribution is 6.68. The summed E-state index contributed by atoms with van der Waals surface area (Å²) in [5, 5.41) is 2.49. The van der Waals surface area contributed by atoms with Crippen LogP contribution in [0.4, 0.5) is 4.79 Å². The SMILES string of the molecule is O=C1NC(Cc2ccccc2)C(=O)N1C(Cl)(Cl)Cl. The molecule has 1 unspecified atom stereocenters. The van der Waals surface area contributed by atoms with E-state index in [-0.39, 0.29) is 0 Å². The van der Waals surface area contributed by atoms with Gasteiger partial charge in [-0.25, -0.2) is 9.69 Å². The Bertz CT molecular complexity index is 473. The molecule has 1 heterocycles.